The van der Waals surface area contributed by atoms with Gasteiger partial charge in [-0.05, 0) is 51.5 Å². The van der Waals surface area contributed by atoms with Gasteiger partial charge in [0.05, 0.1) is 25.4 Å². The van der Waals surface area contributed by atoms with Crippen molar-refractivity contribution in [3.63, 3.8) is 0 Å². The number of ether oxygens (including phenoxy) is 2. The first-order valence-corrected chi connectivity index (χ1v) is 13.5. The first kappa shape index (κ1) is 30.4. The number of amides is 2. The summed E-state index contributed by atoms with van der Waals surface area (Å²) in [6.45, 7) is 6.17. The summed E-state index contributed by atoms with van der Waals surface area (Å²) in [5, 5.41) is 14.2. The normalized spacial score (nSPS) is 12.3. The lowest BCUT2D eigenvalue weighted by molar-refractivity contribution is -0.384. The summed E-state index contributed by atoms with van der Waals surface area (Å²) < 4.78 is 36.8. The lowest BCUT2D eigenvalue weighted by Crippen LogP contribution is -2.54. The van der Waals surface area contributed by atoms with Gasteiger partial charge in [0.15, 0.2) is 0 Å². The van der Waals surface area contributed by atoms with Crippen molar-refractivity contribution in [2.75, 3.05) is 31.3 Å². The second-order valence-electron chi connectivity index (χ2n) is 9.67. The van der Waals surface area contributed by atoms with E-state index in [0.717, 1.165) is 16.6 Å². The number of nitro benzene ring substituents is 1. The number of carbonyl (C=O) groups excluding carboxylic acids is 2. The van der Waals surface area contributed by atoms with Crippen LogP contribution in [0.25, 0.3) is 0 Å². The summed E-state index contributed by atoms with van der Waals surface area (Å²) in [4.78, 5) is 38.7. The Bertz CT molecular complexity index is 1290. The number of hydrogen-bond acceptors (Lipinski definition) is 8. The fourth-order valence-electron chi connectivity index (χ4n) is 3.61. The molecule has 38 heavy (non-hydrogen) atoms. The van der Waals surface area contributed by atoms with Crippen molar-refractivity contribution in [3.8, 4) is 11.5 Å². The number of non-ortho nitro benzene ring substituents is 1. The maximum Gasteiger partial charge on any atom is 0.271 e. The zero-order valence-electron chi connectivity index (χ0n) is 22.5. The minimum Gasteiger partial charge on any atom is -0.497 e. The van der Waals surface area contributed by atoms with Gasteiger partial charge in [-0.1, -0.05) is 12.1 Å². The quantitative estimate of drug-likeness (QED) is 0.332. The van der Waals surface area contributed by atoms with Gasteiger partial charge in [-0.2, -0.15) is 0 Å². The van der Waals surface area contributed by atoms with Crippen molar-refractivity contribution in [1.29, 1.82) is 0 Å². The molecule has 2 amide bonds. The van der Waals surface area contributed by atoms with E-state index >= 15 is 0 Å². The smallest absolute Gasteiger partial charge is 0.271 e. The second kappa shape index (κ2) is 12.1. The molecule has 1 N–H and O–H groups in total. The van der Waals surface area contributed by atoms with Crippen molar-refractivity contribution < 1.29 is 32.4 Å². The van der Waals surface area contributed by atoms with Crippen LogP contribution in [0.15, 0.2) is 42.5 Å². The first-order chi connectivity index (χ1) is 17.6. The van der Waals surface area contributed by atoms with Crippen LogP contribution in [-0.4, -0.2) is 68.7 Å². The highest BCUT2D eigenvalue weighted by atomic mass is 32.2. The lowest BCUT2D eigenvalue weighted by Gasteiger charge is -2.33. The Labute approximate surface area is 222 Å². The third kappa shape index (κ3) is 8.07. The van der Waals surface area contributed by atoms with E-state index in [1.54, 1.807) is 45.0 Å². The second-order valence-corrected chi connectivity index (χ2v) is 11.6. The van der Waals surface area contributed by atoms with Gasteiger partial charge in [-0.15, -0.1) is 0 Å². The third-order valence-electron chi connectivity index (χ3n) is 5.47. The Morgan fingerprint density at radius 2 is 1.76 bits per heavy atom. The molecule has 0 heterocycles. The number of carbonyl (C=O) groups is 2. The molecule has 1 atom stereocenters. The highest BCUT2D eigenvalue weighted by molar-refractivity contribution is 7.92. The summed E-state index contributed by atoms with van der Waals surface area (Å²) in [5.74, 6) is -0.580. The molecule has 0 aliphatic heterocycles. The molecule has 13 heteroatoms. The Hall–Kier alpha value is -3.87. The van der Waals surface area contributed by atoms with E-state index in [9.17, 15) is 28.1 Å². The van der Waals surface area contributed by atoms with Crippen LogP contribution < -0.4 is 19.1 Å². The maximum atomic E-state index is 13.7. The van der Waals surface area contributed by atoms with Crippen molar-refractivity contribution >= 4 is 33.2 Å². The molecule has 0 aliphatic rings. The standard InChI is InChI=1S/C25H34N4O8S/c1-17(24(31)26-25(2,3)4)27(15-18-9-8-10-20(13-18)36-5)23(30)16-28(38(7,34)35)21-14-19(29(32)33)11-12-22(21)37-6/h8-14,17H,15-16H2,1-7H3,(H,26,31)/t17-/m1/s1. The van der Waals surface area contributed by atoms with Gasteiger partial charge in [0, 0.05) is 24.2 Å². The number of benzene rings is 2. The lowest BCUT2D eigenvalue weighted by atomic mass is 10.1. The van der Waals surface area contributed by atoms with Crippen LogP contribution in [0.5, 0.6) is 11.5 Å². The third-order valence-corrected chi connectivity index (χ3v) is 6.60. The highest BCUT2D eigenvalue weighted by Crippen LogP contribution is 2.34. The minimum atomic E-state index is -4.12. The van der Waals surface area contributed by atoms with Gasteiger partial charge < -0.3 is 19.7 Å². The molecule has 0 aromatic heterocycles. The average molecular weight is 551 g/mol. The molecule has 208 valence electrons. The van der Waals surface area contributed by atoms with Crippen LogP contribution in [0.2, 0.25) is 0 Å². The zero-order chi connectivity index (χ0) is 28.8. The van der Waals surface area contributed by atoms with Crippen LogP contribution in [0.3, 0.4) is 0 Å². The monoisotopic (exact) mass is 550 g/mol. The van der Waals surface area contributed by atoms with Crippen molar-refractivity contribution in [1.82, 2.24) is 10.2 Å². The number of nitrogens with one attached hydrogen (secondary N) is 1. The topological polar surface area (TPSA) is 148 Å². The van der Waals surface area contributed by atoms with Crippen LogP contribution in [0, 0.1) is 10.1 Å². The summed E-state index contributed by atoms with van der Waals surface area (Å²) in [6, 6.07) is 9.36. The largest absolute Gasteiger partial charge is 0.497 e. The Morgan fingerprint density at radius 1 is 1.11 bits per heavy atom. The number of nitro groups is 1. The highest BCUT2D eigenvalue weighted by Gasteiger charge is 2.33. The summed E-state index contributed by atoms with van der Waals surface area (Å²) in [7, 11) is -1.34. The van der Waals surface area contributed by atoms with Crippen LogP contribution in [0.4, 0.5) is 11.4 Å². The van der Waals surface area contributed by atoms with Gasteiger partial charge in [-0.25, -0.2) is 8.42 Å². The van der Waals surface area contributed by atoms with E-state index in [1.807, 2.05) is 0 Å². The number of methoxy groups -OCH3 is 2. The molecule has 0 spiro atoms. The molecule has 2 aromatic carbocycles. The minimum absolute atomic E-state index is 0.0201. The Balaban J connectivity index is 2.54. The molecule has 2 rings (SSSR count). The molecule has 0 saturated heterocycles. The number of sulfonamides is 1. The van der Waals surface area contributed by atoms with Crippen LogP contribution >= 0.6 is 0 Å². The predicted molar refractivity (Wildman–Crippen MR) is 143 cm³/mol. The Morgan fingerprint density at radius 3 is 2.29 bits per heavy atom. The number of nitrogens with zero attached hydrogens (tertiary/aromatic N) is 3. The van der Waals surface area contributed by atoms with E-state index in [2.05, 4.69) is 5.32 Å². The summed E-state index contributed by atoms with van der Waals surface area (Å²) in [5.41, 5.74) is -0.490. The molecular formula is C25H34N4O8S. The van der Waals surface area contributed by atoms with Gasteiger partial charge in [-0.3, -0.25) is 24.0 Å². The van der Waals surface area contributed by atoms with E-state index in [4.69, 9.17) is 9.47 Å². The van der Waals surface area contributed by atoms with Crippen molar-refractivity contribution in [3.05, 3.63) is 58.1 Å². The summed E-state index contributed by atoms with van der Waals surface area (Å²) >= 11 is 0. The maximum absolute atomic E-state index is 13.7. The summed E-state index contributed by atoms with van der Waals surface area (Å²) in [6.07, 6.45) is 0.876. The fraction of sp³-hybridized carbons (Fsp3) is 0.440. The number of anilines is 1. The molecule has 0 fully saturated rings. The molecule has 2 aromatic rings. The van der Waals surface area contributed by atoms with Gasteiger partial charge in [0.25, 0.3) is 5.69 Å². The van der Waals surface area contributed by atoms with E-state index < -0.39 is 44.9 Å². The van der Waals surface area contributed by atoms with Gasteiger partial charge in [0.1, 0.15) is 29.8 Å². The molecule has 12 nitrogen and oxygen atoms in total. The number of hydrogen-bond donors (Lipinski definition) is 1. The van der Waals surface area contributed by atoms with Crippen LogP contribution in [0.1, 0.15) is 33.3 Å². The zero-order valence-corrected chi connectivity index (χ0v) is 23.4. The molecule has 0 saturated carbocycles. The van der Waals surface area contributed by atoms with Gasteiger partial charge in [0.2, 0.25) is 21.8 Å². The molecule has 0 bridgehead atoms. The van der Waals surface area contributed by atoms with Crippen LogP contribution in [-0.2, 0) is 26.2 Å². The Kier molecular flexibility index (Phi) is 9.68. The van der Waals surface area contributed by atoms with E-state index in [-0.39, 0.29) is 23.7 Å². The molecule has 0 radical (unpaired) electrons. The van der Waals surface area contributed by atoms with Crippen molar-refractivity contribution in [2.45, 2.75) is 45.8 Å². The molecular weight excluding hydrogens is 516 g/mol. The molecule has 0 unspecified atom stereocenters. The first-order valence-electron chi connectivity index (χ1n) is 11.6. The van der Waals surface area contributed by atoms with E-state index in [1.165, 1.54) is 38.2 Å². The average Bonchev–Trinajstić information content (AvgIpc) is 2.83. The molecule has 0 aliphatic carbocycles. The number of rotatable bonds is 11. The van der Waals surface area contributed by atoms with E-state index in [0.29, 0.717) is 11.3 Å². The predicted octanol–water partition coefficient (Wildman–Crippen LogP) is 2.71. The fourth-order valence-corrected chi connectivity index (χ4v) is 4.45. The van der Waals surface area contributed by atoms with Gasteiger partial charge >= 0.3 is 0 Å². The SMILES string of the molecule is COc1cccc(CN(C(=O)CN(c2cc([N+](=O)[O-])ccc2OC)S(C)(=O)=O)[C@H](C)C(=O)NC(C)(C)C)c1. The van der Waals surface area contributed by atoms with Crippen molar-refractivity contribution in [2.24, 2.45) is 0 Å².